The van der Waals surface area contributed by atoms with Crippen molar-refractivity contribution in [3.8, 4) is 11.3 Å². The van der Waals surface area contributed by atoms with Gasteiger partial charge in [-0.25, -0.2) is 9.97 Å². The normalized spacial score (nSPS) is 14.2. The minimum Gasteiger partial charge on any atom is -0.368 e. The van der Waals surface area contributed by atoms with E-state index in [9.17, 15) is 0 Å². The largest absolute Gasteiger partial charge is 0.368 e. The Hall–Kier alpha value is -1.46. The molecular formula is C14H19ClN4O. The highest BCUT2D eigenvalue weighted by atomic mass is 35.5. The number of nitrogens with zero attached hydrogens (tertiary/aromatic N) is 4. The second-order valence-corrected chi connectivity index (χ2v) is 5.21. The molecule has 2 aromatic heterocycles. The minimum absolute atomic E-state index is 0.410. The number of halogens is 1. The van der Waals surface area contributed by atoms with Crippen molar-refractivity contribution in [1.82, 2.24) is 19.7 Å². The third kappa shape index (κ3) is 2.99. The number of ether oxygens (including phenoxy) is 1. The highest BCUT2D eigenvalue weighted by molar-refractivity contribution is 6.29. The van der Waals surface area contributed by atoms with Gasteiger partial charge < -0.3 is 4.74 Å². The molecule has 0 amide bonds. The van der Waals surface area contributed by atoms with Crippen LogP contribution in [0.1, 0.15) is 33.0 Å². The standard InChI is InChI=1S/C14H19ClN4O/c1-5-14(3,20-6-2)13-17-11(7-12(15)18-13)10-8-16-19(4)9-10/h7-9H,5-6H2,1-4H3. The van der Waals surface area contributed by atoms with Gasteiger partial charge in [-0.05, 0) is 20.3 Å². The van der Waals surface area contributed by atoms with Crippen molar-refractivity contribution in [1.29, 1.82) is 0 Å². The summed E-state index contributed by atoms with van der Waals surface area (Å²) in [6.07, 6.45) is 4.42. The van der Waals surface area contributed by atoms with Gasteiger partial charge >= 0.3 is 0 Å². The molecule has 2 rings (SSSR count). The zero-order chi connectivity index (χ0) is 14.8. The smallest absolute Gasteiger partial charge is 0.162 e. The van der Waals surface area contributed by atoms with Crippen molar-refractivity contribution in [2.45, 2.75) is 32.8 Å². The van der Waals surface area contributed by atoms with Crippen molar-refractivity contribution in [2.24, 2.45) is 7.05 Å². The maximum atomic E-state index is 6.14. The van der Waals surface area contributed by atoms with E-state index in [1.54, 1.807) is 16.9 Å². The highest BCUT2D eigenvalue weighted by Gasteiger charge is 2.29. The van der Waals surface area contributed by atoms with Gasteiger partial charge in [-0.15, -0.1) is 0 Å². The molecule has 0 aliphatic carbocycles. The van der Waals surface area contributed by atoms with E-state index in [1.807, 2.05) is 34.0 Å². The summed E-state index contributed by atoms with van der Waals surface area (Å²) in [7, 11) is 1.86. The fourth-order valence-electron chi connectivity index (χ4n) is 2.00. The van der Waals surface area contributed by atoms with E-state index in [4.69, 9.17) is 16.3 Å². The molecule has 1 atom stereocenters. The van der Waals surface area contributed by atoms with E-state index in [0.29, 0.717) is 17.6 Å². The molecular weight excluding hydrogens is 276 g/mol. The predicted molar refractivity (Wildman–Crippen MR) is 78.5 cm³/mol. The van der Waals surface area contributed by atoms with Gasteiger partial charge in [-0.3, -0.25) is 4.68 Å². The van der Waals surface area contributed by atoms with Gasteiger partial charge in [-0.2, -0.15) is 5.10 Å². The van der Waals surface area contributed by atoms with Crippen molar-refractivity contribution in [3.63, 3.8) is 0 Å². The molecule has 5 nitrogen and oxygen atoms in total. The minimum atomic E-state index is -0.531. The Morgan fingerprint density at radius 1 is 1.35 bits per heavy atom. The Bertz CT molecular complexity index is 599. The summed E-state index contributed by atoms with van der Waals surface area (Å²) in [5.41, 5.74) is 1.14. The van der Waals surface area contributed by atoms with Crippen LogP contribution in [-0.2, 0) is 17.4 Å². The lowest BCUT2D eigenvalue weighted by molar-refractivity contribution is -0.0389. The van der Waals surface area contributed by atoms with Gasteiger partial charge in [0.1, 0.15) is 10.8 Å². The van der Waals surface area contributed by atoms with Gasteiger partial charge in [0, 0.05) is 31.5 Å². The Balaban J connectivity index is 2.48. The van der Waals surface area contributed by atoms with Crippen LogP contribution < -0.4 is 0 Å². The Kier molecular flexibility index (Phi) is 4.40. The topological polar surface area (TPSA) is 52.8 Å². The number of hydrogen-bond donors (Lipinski definition) is 0. The number of aryl methyl sites for hydroxylation is 1. The zero-order valence-electron chi connectivity index (χ0n) is 12.2. The summed E-state index contributed by atoms with van der Waals surface area (Å²) in [4.78, 5) is 8.93. The molecule has 0 saturated carbocycles. The molecule has 1 unspecified atom stereocenters. The average Bonchev–Trinajstić information content (AvgIpc) is 2.85. The fraction of sp³-hybridized carbons (Fsp3) is 0.500. The van der Waals surface area contributed by atoms with Crippen molar-refractivity contribution >= 4 is 11.6 Å². The number of aromatic nitrogens is 4. The molecule has 0 aliphatic heterocycles. The number of rotatable bonds is 5. The van der Waals surface area contributed by atoms with Crippen LogP contribution in [0.4, 0.5) is 0 Å². The fourth-order valence-corrected chi connectivity index (χ4v) is 2.18. The van der Waals surface area contributed by atoms with E-state index in [2.05, 4.69) is 15.1 Å². The van der Waals surface area contributed by atoms with Crippen molar-refractivity contribution in [3.05, 3.63) is 29.4 Å². The maximum absolute atomic E-state index is 6.14. The lowest BCUT2D eigenvalue weighted by atomic mass is 10.0. The Morgan fingerprint density at radius 3 is 2.65 bits per heavy atom. The maximum Gasteiger partial charge on any atom is 0.162 e. The summed E-state index contributed by atoms with van der Waals surface area (Å²) in [6, 6.07) is 1.74. The second kappa shape index (κ2) is 5.89. The molecule has 20 heavy (non-hydrogen) atoms. The third-order valence-electron chi connectivity index (χ3n) is 3.31. The Labute approximate surface area is 124 Å². The van der Waals surface area contributed by atoms with Gasteiger partial charge in [0.05, 0.1) is 11.9 Å². The molecule has 0 aromatic carbocycles. The molecule has 0 radical (unpaired) electrons. The van der Waals surface area contributed by atoms with Gasteiger partial charge in [0.25, 0.3) is 0 Å². The summed E-state index contributed by atoms with van der Waals surface area (Å²) in [5.74, 6) is 0.605. The van der Waals surface area contributed by atoms with Crippen LogP contribution in [0.25, 0.3) is 11.3 Å². The first kappa shape index (κ1) is 14.9. The molecule has 0 bridgehead atoms. The van der Waals surface area contributed by atoms with Crippen LogP contribution in [-0.4, -0.2) is 26.4 Å². The van der Waals surface area contributed by atoms with Crippen molar-refractivity contribution < 1.29 is 4.74 Å². The summed E-state index contributed by atoms with van der Waals surface area (Å²) in [5, 5.41) is 4.56. The summed E-state index contributed by atoms with van der Waals surface area (Å²) < 4.78 is 7.54. The first-order chi connectivity index (χ1) is 9.48. The van der Waals surface area contributed by atoms with E-state index >= 15 is 0 Å². The molecule has 6 heteroatoms. The van der Waals surface area contributed by atoms with Crippen LogP contribution in [0.2, 0.25) is 5.15 Å². The molecule has 0 N–H and O–H groups in total. The molecule has 0 saturated heterocycles. The number of hydrogen-bond acceptors (Lipinski definition) is 4. The first-order valence-electron chi connectivity index (χ1n) is 6.66. The molecule has 0 aliphatic rings. The molecule has 2 aromatic rings. The van der Waals surface area contributed by atoms with E-state index in [-0.39, 0.29) is 0 Å². The molecule has 0 spiro atoms. The lowest BCUT2D eigenvalue weighted by Crippen LogP contribution is -2.28. The van der Waals surface area contributed by atoms with Crippen LogP contribution in [0.15, 0.2) is 18.5 Å². The monoisotopic (exact) mass is 294 g/mol. The molecule has 0 fully saturated rings. The first-order valence-corrected chi connectivity index (χ1v) is 7.04. The zero-order valence-corrected chi connectivity index (χ0v) is 13.0. The van der Waals surface area contributed by atoms with Crippen molar-refractivity contribution in [2.75, 3.05) is 6.61 Å². The summed E-state index contributed by atoms with van der Waals surface area (Å²) in [6.45, 7) is 6.59. The highest BCUT2D eigenvalue weighted by Crippen LogP contribution is 2.29. The van der Waals surface area contributed by atoms with E-state index in [0.717, 1.165) is 17.7 Å². The Morgan fingerprint density at radius 2 is 2.10 bits per heavy atom. The third-order valence-corrected chi connectivity index (χ3v) is 3.50. The van der Waals surface area contributed by atoms with E-state index in [1.165, 1.54) is 0 Å². The van der Waals surface area contributed by atoms with Crippen LogP contribution in [0.3, 0.4) is 0 Å². The average molecular weight is 295 g/mol. The van der Waals surface area contributed by atoms with Gasteiger partial charge in [-0.1, -0.05) is 18.5 Å². The molecule has 108 valence electrons. The second-order valence-electron chi connectivity index (χ2n) is 4.82. The van der Waals surface area contributed by atoms with Gasteiger partial charge in [0.2, 0.25) is 0 Å². The predicted octanol–water partition coefficient (Wildman–Crippen LogP) is 3.19. The van der Waals surface area contributed by atoms with E-state index < -0.39 is 5.60 Å². The molecule has 2 heterocycles. The summed E-state index contributed by atoms with van der Waals surface area (Å²) >= 11 is 6.14. The van der Waals surface area contributed by atoms with Crippen LogP contribution in [0, 0.1) is 0 Å². The van der Waals surface area contributed by atoms with Gasteiger partial charge in [0.15, 0.2) is 5.82 Å². The lowest BCUT2D eigenvalue weighted by Gasteiger charge is -2.26. The SMILES string of the molecule is CCOC(C)(CC)c1nc(Cl)cc(-c2cnn(C)c2)n1. The van der Waals surface area contributed by atoms with Crippen LogP contribution in [0.5, 0.6) is 0 Å². The quantitative estimate of drug-likeness (QED) is 0.795. The van der Waals surface area contributed by atoms with Crippen LogP contribution >= 0.6 is 11.6 Å².